The summed E-state index contributed by atoms with van der Waals surface area (Å²) < 4.78 is 0. The van der Waals surface area contributed by atoms with Crippen LogP contribution >= 0.6 is 0 Å². The molecular formula is C24H31N3O2. The second-order valence-corrected chi connectivity index (χ2v) is 8.38. The molecule has 1 amide bonds. The first-order valence-electron chi connectivity index (χ1n) is 10.7. The van der Waals surface area contributed by atoms with Gasteiger partial charge < -0.3 is 15.3 Å². The van der Waals surface area contributed by atoms with E-state index < -0.39 is 6.23 Å². The first-order chi connectivity index (χ1) is 14.1. The number of piperidine rings is 1. The Hall–Kier alpha value is -2.21. The Morgan fingerprint density at radius 3 is 2.59 bits per heavy atom. The summed E-state index contributed by atoms with van der Waals surface area (Å²) in [7, 11) is 0. The second kappa shape index (κ2) is 9.08. The largest absolute Gasteiger partial charge is 0.374 e. The Labute approximate surface area is 173 Å². The zero-order chi connectivity index (χ0) is 20.2. The van der Waals surface area contributed by atoms with Gasteiger partial charge in [0, 0.05) is 32.2 Å². The summed E-state index contributed by atoms with van der Waals surface area (Å²) in [5.74, 6) is 0.617. The molecule has 0 radical (unpaired) electrons. The SMILES string of the molecule is CC(=O)Nc1ccccc1CCN1CCC(CN2Cc3ccccc3C2O)CC1. The van der Waals surface area contributed by atoms with Crippen molar-refractivity contribution in [3.05, 3.63) is 65.2 Å². The van der Waals surface area contributed by atoms with Crippen molar-refractivity contribution < 1.29 is 9.90 Å². The van der Waals surface area contributed by atoms with E-state index in [4.69, 9.17) is 0 Å². The lowest BCUT2D eigenvalue weighted by atomic mass is 9.95. The summed E-state index contributed by atoms with van der Waals surface area (Å²) in [5, 5.41) is 13.5. The molecule has 29 heavy (non-hydrogen) atoms. The number of nitrogens with one attached hydrogen (secondary N) is 1. The molecule has 0 spiro atoms. The quantitative estimate of drug-likeness (QED) is 0.790. The molecule has 2 N–H and O–H groups in total. The molecular weight excluding hydrogens is 362 g/mol. The van der Waals surface area contributed by atoms with E-state index in [1.54, 1.807) is 6.92 Å². The number of para-hydroxylation sites is 1. The van der Waals surface area contributed by atoms with Gasteiger partial charge in [0.15, 0.2) is 0 Å². The molecule has 0 bridgehead atoms. The highest BCUT2D eigenvalue weighted by molar-refractivity contribution is 5.89. The first-order valence-corrected chi connectivity index (χ1v) is 10.7. The maximum absolute atomic E-state index is 11.4. The standard InChI is InChI=1S/C24H31N3O2/c1-18(28)25-23-9-5-3-6-20(23)12-15-26-13-10-19(11-14-26)16-27-17-21-7-2-4-8-22(21)24(27)29/h2-9,19,24,29H,10-17H2,1H3,(H,25,28). The number of rotatable bonds is 6. The highest BCUT2D eigenvalue weighted by Crippen LogP contribution is 2.33. The Morgan fingerprint density at radius 1 is 1.10 bits per heavy atom. The van der Waals surface area contributed by atoms with Crippen LogP contribution < -0.4 is 5.32 Å². The van der Waals surface area contributed by atoms with E-state index in [1.165, 1.54) is 24.0 Å². The van der Waals surface area contributed by atoms with E-state index in [-0.39, 0.29) is 5.91 Å². The number of carbonyl (C=O) groups excluding carboxylic acids is 1. The van der Waals surface area contributed by atoms with Gasteiger partial charge in [0.1, 0.15) is 6.23 Å². The van der Waals surface area contributed by atoms with Crippen molar-refractivity contribution in [3.63, 3.8) is 0 Å². The van der Waals surface area contributed by atoms with Gasteiger partial charge in [-0.2, -0.15) is 0 Å². The van der Waals surface area contributed by atoms with Crippen LogP contribution in [0.25, 0.3) is 0 Å². The van der Waals surface area contributed by atoms with E-state index in [0.717, 1.165) is 50.4 Å². The van der Waals surface area contributed by atoms with Gasteiger partial charge >= 0.3 is 0 Å². The lowest BCUT2D eigenvalue weighted by molar-refractivity contribution is -0.114. The number of nitrogens with zero attached hydrogens (tertiary/aromatic N) is 2. The fourth-order valence-electron chi connectivity index (χ4n) is 4.65. The number of fused-ring (bicyclic) bond motifs is 1. The van der Waals surface area contributed by atoms with Crippen LogP contribution in [0.3, 0.4) is 0 Å². The number of likely N-dealkylation sites (tertiary alicyclic amines) is 1. The van der Waals surface area contributed by atoms with E-state index in [2.05, 4.69) is 33.3 Å². The predicted octanol–water partition coefficient (Wildman–Crippen LogP) is 3.41. The number of anilines is 1. The summed E-state index contributed by atoms with van der Waals surface area (Å²) in [6.45, 7) is 6.60. The predicted molar refractivity (Wildman–Crippen MR) is 115 cm³/mol. The maximum atomic E-state index is 11.4. The van der Waals surface area contributed by atoms with Gasteiger partial charge in [-0.1, -0.05) is 42.5 Å². The highest BCUT2D eigenvalue weighted by Gasteiger charge is 2.30. The van der Waals surface area contributed by atoms with E-state index in [0.29, 0.717) is 5.92 Å². The molecule has 154 valence electrons. The van der Waals surface area contributed by atoms with Crippen molar-refractivity contribution in [2.24, 2.45) is 5.92 Å². The van der Waals surface area contributed by atoms with Gasteiger partial charge in [-0.05, 0) is 61.0 Å². The molecule has 2 aromatic carbocycles. The fraction of sp³-hybridized carbons (Fsp3) is 0.458. The normalized spacial score (nSPS) is 20.6. The number of carbonyl (C=O) groups is 1. The summed E-state index contributed by atoms with van der Waals surface area (Å²) in [5.41, 5.74) is 4.46. The third-order valence-corrected chi connectivity index (χ3v) is 6.28. The monoisotopic (exact) mass is 393 g/mol. The average Bonchev–Trinajstić information content (AvgIpc) is 3.04. The van der Waals surface area contributed by atoms with Crippen LogP contribution in [0.5, 0.6) is 0 Å². The van der Waals surface area contributed by atoms with E-state index in [1.807, 2.05) is 30.3 Å². The van der Waals surface area contributed by atoms with Crippen molar-refractivity contribution in [2.75, 3.05) is 31.5 Å². The third kappa shape index (κ3) is 4.86. The van der Waals surface area contributed by atoms with Gasteiger partial charge in [0.05, 0.1) is 0 Å². The molecule has 5 nitrogen and oxygen atoms in total. The van der Waals surface area contributed by atoms with Crippen LogP contribution in [0.4, 0.5) is 5.69 Å². The number of amides is 1. The number of hydrogen-bond donors (Lipinski definition) is 2. The Morgan fingerprint density at radius 2 is 1.83 bits per heavy atom. The van der Waals surface area contributed by atoms with Gasteiger partial charge in [0.25, 0.3) is 0 Å². The van der Waals surface area contributed by atoms with Crippen molar-refractivity contribution in [2.45, 2.75) is 39.0 Å². The molecule has 2 aliphatic rings. The van der Waals surface area contributed by atoms with Gasteiger partial charge in [0.2, 0.25) is 5.91 Å². The van der Waals surface area contributed by atoms with Crippen molar-refractivity contribution in [1.82, 2.24) is 9.80 Å². The minimum Gasteiger partial charge on any atom is -0.374 e. The summed E-state index contributed by atoms with van der Waals surface area (Å²) in [4.78, 5) is 16.1. The zero-order valence-electron chi connectivity index (χ0n) is 17.2. The Bertz CT molecular complexity index is 846. The molecule has 4 rings (SSSR count). The molecule has 1 unspecified atom stereocenters. The molecule has 0 aromatic heterocycles. The molecule has 1 fully saturated rings. The van der Waals surface area contributed by atoms with Crippen molar-refractivity contribution in [3.8, 4) is 0 Å². The molecule has 2 aromatic rings. The lowest BCUT2D eigenvalue weighted by Gasteiger charge is -2.34. The molecule has 0 aliphatic carbocycles. The summed E-state index contributed by atoms with van der Waals surface area (Å²) in [6.07, 6.45) is 2.84. The van der Waals surface area contributed by atoms with Crippen molar-refractivity contribution >= 4 is 11.6 Å². The minimum absolute atomic E-state index is 0.0236. The van der Waals surface area contributed by atoms with Crippen molar-refractivity contribution in [1.29, 1.82) is 0 Å². The number of benzene rings is 2. The molecule has 5 heteroatoms. The molecule has 0 saturated carbocycles. The average molecular weight is 394 g/mol. The topological polar surface area (TPSA) is 55.8 Å². The van der Waals surface area contributed by atoms with Crippen LogP contribution in [-0.2, 0) is 17.8 Å². The van der Waals surface area contributed by atoms with Crippen LogP contribution in [0.2, 0.25) is 0 Å². The van der Waals surface area contributed by atoms with E-state index in [9.17, 15) is 9.90 Å². The van der Waals surface area contributed by atoms with Gasteiger partial charge in [-0.3, -0.25) is 9.69 Å². The van der Waals surface area contributed by atoms with Gasteiger partial charge in [-0.15, -0.1) is 0 Å². The smallest absolute Gasteiger partial charge is 0.221 e. The maximum Gasteiger partial charge on any atom is 0.221 e. The zero-order valence-corrected chi connectivity index (χ0v) is 17.2. The number of aliphatic hydroxyl groups is 1. The fourth-order valence-corrected chi connectivity index (χ4v) is 4.65. The number of hydrogen-bond acceptors (Lipinski definition) is 4. The van der Waals surface area contributed by atoms with Crippen LogP contribution in [-0.4, -0.2) is 47.0 Å². The Kier molecular flexibility index (Phi) is 6.28. The molecule has 1 saturated heterocycles. The van der Waals surface area contributed by atoms with Crippen LogP contribution in [0.15, 0.2) is 48.5 Å². The lowest BCUT2D eigenvalue weighted by Crippen LogP contribution is -2.39. The first kappa shape index (κ1) is 20.1. The Balaban J connectivity index is 1.24. The highest BCUT2D eigenvalue weighted by atomic mass is 16.3. The molecule has 1 atom stereocenters. The van der Waals surface area contributed by atoms with Crippen LogP contribution in [0, 0.1) is 5.92 Å². The minimum atomic E-state index is -0.450. The summed E-state index contributed by atoms with van der Waals surface area (Å²) >= 11 is 0. The van der Waals surface area contributed by atoms with Crippen LogP contribution in [0.1, 0.15) is 42.7 Å². The molecule has 2 heterocycles. The second-order valence-electron chi connectivity index (χ2n) is 8.38. The number of aliphatic hydroxyl groups excluding tert-OH is 1. The van der Waals surface area contributed by atoms with E-state index >= 15 is 0 Å². The third-order valence-electron chi connectivity index (χ3n) is 6.28. The molecule has 2 aliphatic heterocycles. The van der Waals surface area contributed by atoms with Gasteiger partial charge in [-0.25, -0.2) is 0 Å². The summed E-state index contributed by atoms with van der Waals surface area (Å²) in [6, 6.07) is 16.3.